The fraction of sp³-hybridized carbons (Fsp3) is 0.100. The number of thioether (sulfide) groups is 1. The van der Waals surface area contributed by atoms with Crippen molar-refractivity contribution in [3.63, 3.8) is 0 Å². The van der Waals surface area contributed by atoms with E-state index in [2.05, 4.69) is 6.07 Å². The van der Waals surface area contributed by atoms with Crippen LogP contribution in [-0.4, -0.2) is 5.12 Å². The number of benzene rings is 1. The maximum atomic E-state index is 11.1. The second-order valence-corrected chi connectivity index (χ2v) is 3.19. The van der Waals surface area contributed by atoms with Crippen molar-refractivity contribution >= 4 is 16.9 Å². The van der Waals surface area contributed by atoms with Crippen LogP contribution in [0, 0.1) is 6.07 Å². The van der Waals surface area contributed by atoms with Crippen LogP contribution in [0.2, 0.25) is 0 Å². The Morgan fingerprint density at radius 2 is 2.42 bits per heavy atom. The Bertz CT molecular complexity index is 277. The van der Waals surface area contributed by atoms with Crippen LogP contribution in [0.4, 0.5) is 0 Å². The first-order valence-corrected chi connectivity index (χ1v) is 4.46. The van der Waals surface area contributed by atoms with Gasteiger partial charge in [0.25, 0.3) is 0 Å². The molecule has 0 spiro atoms. The van der Waals surface area contributed by atoms with Gasteiger partial charge in [-0.15, -0.1) is 0 Å². The lowest BCUT2D eigenvalue weighted by molar-refractivity contribution is -0.107. The summed E-state index contributed by atoms with van der Waals surface area (Å²) in [5, 5.41) is 0.0416. The summed E-state index contributed by atoms with van der Waals surface area (Å²) in [5.74, 6) is 0. The predicted molar refractivity (Wildman–Crippen MR) is 51.0 cm³/mol. The van der Waals surface area contributed by atoms with Crippen LogP contribution < -0.4 is 0 Å². The highest BCUT2D eigenvalue weighted by atomic mass is 32.2. The van der Waals surface area contributed by atoms with Gasteiger partial charge in [-0.05, 0) is 36.9 Å². The smallest absolute Gasteiger partial charge is 0.216 e. The van der Waals surface area contributed by atoms with E-state index in [0.29, 0.717) is 0 Å². The Labute approximate surface area is 76.5 Å². The van der Waals surface area contributed by atoms with Gasteiger partial charge in [-0.1, -0.05) is 24.3 Å². The lowest BCUT2D eigenvalue weighted by Gasteiger charge is -1.93. The van der Waals surface area contributed by atoms with Crippen LogP contribution in [0.3, 0.4) is 0 Å². The third kappa shape index (κ3) is 2.93. The summed E-state index contributed by atoms with van der Waals surface area (Å²) in [4.78, 5) is 11.9. The fourth-order valence-electron chi connectivity index (χ4n) is 0.719. The topological polar surface area (TPSA) is 17.1 Å². The summed E-state index contributed by atoms with van der Waals surface area (Å²) >= 11 is 1.19. The van der Waals surface area contributed by atoms with E-state index in [1.54, 1.807) is 18.2 Å². The standard InChI is InChI=1S/C10H9OS/c1-2-6-10(11)12-9-7-4-3-5-8-9/h2-7H,1H3. The molecule has 12 heavy (non-hydrogen) atoms. The molecule has 0 saturated heterocycles. The van der Waals surface area contributed by atoms with E-state index in [1.807, 2.05) is 25.1 Å². The highest BCUT2D eigenvalue weighted by Gasteiger charge is 1.98. The molecule has 1 nitrogen and oxygen atoms in total. The van der Waals surface area contributed by atoms with Gasteiger partial charge in [-0.2, -0.15) is 0 Å². The third-order valence-corrected chi connectivity index (χ3v) is 2.00. The summed E-state index contributed by atoms with van der Waals surface area (Å²) in [7, 11) is 0. The van der Waals surface area contributed by atoms with Gasteiger partial charge in [0.05, 0.1) is 0 Å². The van der Waals surface area contributed by atoms with E-state index in [1.165, 1.54) is 11.8 Å². The fourth-order valence-corrected chi connectivity index (χ4v) is 1.41. The number of carbonyl (C=O) groups is 1. The molecule has 2 heteroatoms. The Morgan fingerprint density at radius 3 is 3.00 bits per heavy atom. The largest absolute Gasteiger partial charge is 0.282 e. The summed E-state index contributed by atoms with van der Waals surface area (Å²) in [6.07, 6.45) is 3.28. The summed E-state index contributed by atoms with van der Waals surface area (Å²) < 4.78 is 0. The molecule has 0 heterocycles. The van der Waals surface area contributed by atoms with Crippen LogP contribution in [0.1, 0.15) is 6.92 Å². The van der Waals surface area contributed by atoms with Crippen molar-refractivity contribution in [1.82, 2.24) is 0 Å². The van der Waals surface area contributed by atoms with Gasteiger partial charge in [-0.3, -0.25) is 4.79 Å². The van der Waals surface area contributed by atoms with Gasteiger partial charge < -0.3 is 0 Å². The van der Waals surface area contributed by atoms with E-state index >= 15 is 0 Å². The number of rotatable bonds is 2. The molecular weight excluding hydrogens is 168 g/mol. The molecule has 1 rings (SSSR count). The van der Waals surface area contributed by atoms with Crippen molar-refractivity contribution in [3.8, 4) is 0 Å². The molecule has 0 saturated carbocycles. The number of hydrogen-bond donors (Lipinski definition) is 0. The van der Waals surface area contributed by atoms with Crippen molar-refractivity contribution in [2.45, 2.75) is 11.8 Å². The summed E-state index contributed by atoms with van der Waals surface area (Å²) in [6, 6.07) is 10.4. The van der Waals surface area contributed by atoms with Gasteiger partial charge in [0.15, 0.2) is 0 Å². The van der Waals surface area contributed by atoms with Gasteiger partial charge in [-0.25, -0.2) is 0 Å². The molecule has 61 valence electrons. The van der Waals surface area contributed by atoms with Crippen LogP contribution in [-0.2, 0) is 4.79 Å². The molecule has 0 aliphatic heterocycles. The zero-order valence-electron chi connectivity index (χ0n) is 6.78. The molecule has 0 fully saturated rings. The molecular formula is C10H9OS. The van der Waals surface area contributed by atoms with Crippen molar-refractivity contribution in [2.75, 3.05) is 0 Å². The molecule has 1 aromatic rings. The minimum atomic E-state index is 0.0416. The van der Waals surface area contributed by atoms with Crippen molar-refractivity contribution < 1.29 is 4.79 Å². The lowest BCUT2D eigenvalue weighted by Crippen LogP contribution is -1.83. The molecule has 0 aliphatic carbocycles. The molecule has 0 amide bonds. The normalized spacial score (nSPS) is 10.4. The quantitative estimate of drug-likeness (QED) is 0.510. The Morgan fingerprint density at radius 1 is 1.58 bits per heavy atom. The third-order valence-electron chi connectivity index (χ3n) is 1.19. The molecule has 1 radical (unpaired) electrons. The SMILES string of the molecule is CC=CC(=O)Sc1[c]cccc1. The molecule has 0 bridgehead atoms. The minimum absolute atomic E-state index is 0.0416. The Balaban J connectivity index is 2.59. The van der Waals surface area contributed by atoms with Crippen LogP contribution >= 0.6 is 11.8 Å². The predicted octanol–water partition coefficient (Wildman–Crippen LogP) is 2.68. The molecule has 0 aromatic heterocycles. The number of allylic oxidation sites excluding steroid dienone is 1. The Kier molecular flexibility index (Phi) is 3.61. The first kappa shape index (κ1) is 9.07. The van der Waals surface area contributed by atoms with Gasteiger partial charge in [0.2, 0.25) is 5.12 Å². The van der Waals surface area contributed by atoms with Crippen molar-refractivity contribution in [2.24, 2.45) is 0 Å². The van der Waals surface area contributed by atoms with E-state index < -0.39 is 0 Å². The zero-order chi connectivity index (χ0) is 8.81. The second kappa shape index (κ2) is 4.78. The molecule has 0 N–H and O–H groups in total. The average Bonchev–Trinajstić information content (AvgIpc) is 2.06. The summed E-state index contributed by atoms with van der Waals surface area (Å²) in [6.45, 7) is 1.83. The summed E-state index contributed by atoms with van der Waals surface area (Å²) in [5.41, 5.74) is 0. The molecule has 0 aliphatic rings. The monoisotopic (exact) mass is 177 g/mol. The number of carbonyl (C=O) groups excluding carboxylic acids is 1. The first-order valence-electron chi connectivity index (χ1n) is 3.64. The maximum absolute atomic E-state index is 11.1. The Hall–Kier alpha value is -1.02. The zero-order valence-corrected chi connectivity index (χ0v) is 7.60. The van der Waals surface area contributed by atoms with Crippen LogP contribution in [0.5, 0.6) is 0 Å². The van der Waals surface area contributed by atoms with Gasteiger partial charge >= 0.3 is 0 Å². The number of hydrogen-bond acceptors (Lipinski definition) is 2. The average molecular weight is 177 g/mol. The van der Waals surface area contributed by atoms with Crippen molar-refractivity contribution in [1.29, 1.82) is 0 Å². The van der Waals surface area contributed by atoms with Gasteiger partial charge in [0, 0.05) is 4.90 Å². The highest BCUT2D eigenvalue weighted by Crippen LogP contribution is 2.17. The van der Waals surface area contributed by atoms with Crippen LogP contribution in [0.25, 0.3) is 0 Å². The first-order chi connectivity index (χ1) is 5.83. The molecule has 0 atom stereocenters. The van der Waals surface area contributed by atoms with E-state index in [-0.39, 0.29) is 5.12 Å². The maximum Gasteiger partial charge on any atom is 0.216 e. The van der Waals surface area contributed by atoms with E-state index in [9.17, 15) is 4.79 Å². The minimum Gasteiger partial charge on any atom is -0.282 e. The molecule has 1 aromatic carbocycles. The highest BCUT2D eigenvalue weighted by molar-refractivity contribution is 8.14. The van der Waals surface area contributed by atoms with E-state index in [0.717, 1.165) is 4.90 Å². The van der Waals surface area contributed by atoms with Crippen molar-refractivity contribution in [3.05, 3.63) is 42.5 Å². The van der Waals surface area contributed by atoms with E-state index in [4.69, 9.17) is 0 Å². The second-order valence-electron chi connectivity index (χ2n) is 2.15. The van der Waals surface area contributed by atoms with Crippen LogP contribution in [0.15, 0.2) is 41.3 Å². The lowest BCUT2D eigenvalue weighted by atomic mass is 10.4. The molecule has 0 unspecified atom stereocenters. The van der Waals surface area contributed by atoms with Gasteiger partial charge in [0.1, 0.15) is 0 Å².